The smallest absolute Gasteiger partial charge is 0.241 e. The molecule has 1 aromatic carbocycles. The molecular formula is C13H20N2O. The van der Waals surface area contributed by atoms with Crippen LogP contribution in [0.4, 0.5) is 5.69 Å². The van der Waals surface area contributed by atoms with Crippen molar-refractivity contribution in [1.29, 1.82) is 0 Å². The summed E-state index contributed by atoms with van der Waals surface area (Å²) in [6.45, 7) is 4.11. The molecule has 3 N–H and O–H groups in total. The van der Waals surface area contributed by atoms with Crippen LogP contribution in [0, 0.1) is 0 Å². The second-order valence-electron chi connectivity index (χ2n) is 3.94. The van der Waals surface area contributed by atoms with E-state index >= 15 is 0 Å². The average molecular weight is 220 g/mol. The van der Waals surface area contributed by atoms with Crippen molar-refractivity contribution < 1.29 is 4.79 Å². The van der Waals surface area contributed by atoms with Gasteiger partial charge in [-0.15, -0.1) is 0 Å². The van der Waals surface area contributed by atoms with E-state index in [2.05, 4.69) is 12.2 Å². The number of carbonyl (C=O) groups is 1. The fourth-order valence-corrected chi connectivity index (χ4v) is 1.55. The summed E-state index contributed by atoms with van der Waals surface area (Å²) in [5.41, 5.74) is 7.77. The maximum atomic E-state index is 11.7. The van der Waals surface area contributed by atoms with Gasteiger partial charge in [-0.2, -0.15) is 0 Å². The van der Waals surface area contributed by atoms with Gasteiger partial charge in [0.05, 0.1) is 6.04 Å². The number of benzene rings is 1. The highest BCUT2D eigenvalue weighted by atomic mass is 16.2. The summed E-state index contributed by atoms with van der Waals surface area (Å²) in [4.78, 5) is 11.7. The number of nitrogens with two attached hydrogens (primary N) is 1. The first kappa shape index (κ1) is 12.7. The number of nitrogens with one attached hydrogen (secondary N) is 1. The van der Waals surface area contributed by atoms with Gasteiger partial charge in [-0.1, -0.05) is 32.4 Å². The van der Waals surface area contributed by atoms with Crippen LogP contribution >= 0.6 is 0 Å². The van der Waals surface area contributed by atoms with E-state index in [1.807, 2.05) is 31.2 Å². The highest BCUT2D eigenvalue weighted by Gasteiger charge is 2.11. The van der Waals surface area contributed by atoms with Gasteiger partial charge in [-0.25, -0.2) is 0 Å². The van der Waals surface area contributed by atoms with Crippen LogP contribution in [0.2, 0.25) is 0 Å². The first-order chi connectivity index (χ1) is 7.67. The summed E-state index contributed by atoms with van der Waals surface area (Å²) in [6.07, 6.45) is 2.60. The second-order valence-corrected chi connectivity index (χ2v) is 3.94. The normalized spacial score (nSPS) is 12.2. The summed E-state index contributed by atoms with van der Waals surface area (Å²) in [5, 5.41) is 2.84. The molecule has 0 aliphatic heterocycles. The van der Waals surface area contributed by atoms with Crippen molar-refractivity contribution in [3.8, 4) is 0 Å². The quantitative estimate of drug-likeness (QED) is 0.800. The molecule has 0 fully saturated rings. The Morgan fingerprint density at radius 3 is 2.81 bits per heavy atom. The number of hydrogen-bond donors (Lipinski definition) is 2. The summed E-state index contributed by atoms with van der Waals surface area (Å²) in [5.74, 6) is -0.102. The van der Waals surface area contributed by atoms with E-state index in [1.165, 1.54) is 5.56 Å². The Balaban J connectivity index is 2.61. The number of rotatable bonds is 5. The minimum Gasteiger partial charge on any atom is -0.325 e. The molecule has 0 unspecified atom stereocenters. The van der Waals surface area contributed by atoms with Crippen molar-refractivity contribution in [3.05, 3.63) is 29.8 Å². The van der Waals surface area contributed by atoms with Crippen LogP contribution in [0.1, 0.15) is 32.3 Å². The molecule has 0 bridgehead atoms. The van der Waals surface area contributed by atoms with Crippen LogP contribution in [0.5, 0.6) is 0 Å². The zero-order valence-electron chi connectivity index (χ0n) is 9.99. The summed E-state index contributed by atoms with van der Waals surface area (Å²) < 4.78 is 0. The molecule has 0 saturated carbocycles. The zero-order valence-corrected chi connectivity index (χ0v) is 9.99. The topological polar surface area (TPSA) is 55.1 Å². The van der Waals surface area contributed by atoms with Gasteiger partial charge < -0.3 is 11.1 Å². The van der Waals surface area contributed by atoms with Gasteiger partial charge >= 0.3 is 0 Å². The predicted molar refractivity (Wildman–Crippen MR) is 67.3 cm³/mol. The molecule has 1 aromatic rings. The Labute approximate surface area is 97.0 Å². The van der Waals surface area contributed by atoms with E-state index in [-0.39, 0.29) is 5.91 Å². The average Bonchev–Trinajstić information content (AvgIpc) is 2.29. The maximum absolute atomic E-state index is 11.7. The fraction of sp³-hybridized carbons (Fsp3) is 0.462. The third kappa shape index (κ3) is 3.66. The minimum absolute atomic E-state index is 0.102. The van der Waals surface area contributed by atoms with Crippen LogP contribution in [-0.4, -0.2) is 11.9 Å². The lowest BCUT2D eigenvalue weighted by atomic mass is 10.1. The van der Waals surface area contributed by atoms with E-state index in [0.717, 1.165) is 24.9 Å². The van der Waals surface area contributed by atoms with Gasteiger partial charge in [-0.05, 0) is 30.5 Å². The number of carbonyl (C=O) groups excluding carboxylic acids is 1. The summed E-state index contributed by atoms with van der Waals surface area (Å²) in [7, 11) is 0. The number of aryl methyl sites for hydroxylation is 1. The van der Waals surface area contributed by atoms with Crippen molar-refractivity contribution in [1.82, 2.24) is 0 Å². The van der Waals surface area contributed by atoms with Crippen molar-refractivity contribution in [2.24, 2.45) is 5.73 Å². The largest absolute Gasteiger partial charge is 0.325 e. The Hall–Kier alpha value is -1.35. The van der Waals surface area contributed by atoms with E-state index in [1.54, 1.807) is 0 Å². The molecule has 1 rings (SSSR count). The van der Waals surface area contributed by atoms with Crippen molar-refractivity contribution in [3.63, 3.8) is 0 Å². The lowest BCUT2D eigenvalue weighted by Gasteiger charge is -2.11. The molecule has 3 heteroatoms. The maximum Gasteiger partial charge on any atom is 0.241 e. The van der Waals surface area contributed by atoms with Gasteiger partial charge in [0.25, 0.3) is 0 Å². The molecule has 1 atom stereocenters. The van der Waals surface area contributed by atoms with Crippen LogP contribution in [0.3, 0.4) is 0 Å². The predicted octanol–water partition coefficient (Wildman–Crippen LogP) is 2.31. The molecule has 0 aliphatic carbocycles. The Morgan fingerprint density at radius 2 is 2.19 bits per heavy atom. The SMILES string of the molecule is CCC[C@H](N)C(=O)Nc1cccc(CC)c1. The third-order valence-electron chi connectivity index (χ3n) is 2.54. The molecule has 0 radical (unpaired) electrons. The monoisotopic (exact) mass is 220 g/mol. The Kier molecular flexibility index (Phi) is 4.99. The van der Waals surface area contributed by atoms with E-state index in [4.69, 9.17) is 5.73 Å². The first-order valence-corrected chi connectivity index (χ1v) is 5.82. The molecule has 0 heterocycles. The van der Waals surface area contributed by atoms with Crippen molar-refractivity contribution in [2.75, 3.05) is 5.32 Å². The molecular weight excluding hydrogens is 200 g/mol. The first-order valence-electron chi connectivity index (χ1n) is 5.82. The highest BCUT2D eigenvalue weighted by Crippen LogP contribution is 2.11. The lowest BCUT2D eigenvalue weighted by molar-refractivity contribution is -0.117. The van der Waals surface area contributed by atoms with Crippen LogP contribution in [-0.2, 0) is 11.2 Å². The van der Waals surface area contributed by atoms with Gasteiger partial charge in [-0.3, -0.25) is 4.79 Å². The molecule has 0 saturated heterocycles. The highest BCUT2D eigenvalue weighted by molar-refractivity contribution is 5.94. The second kappa shape index (κ2) is 6.28. The molecule has 0 aliphatic rings. The fourth-order valence-electron chi connectivity index (χ4n) is 1.55. The molecule has 16 heavy (non-hydrogen) atoms. The molecule has 88 valence electrons. The lowest BCUT2D eigenvalue weighted by Crippen LogP contribution is -2.35. The van der Waals surface area contributed by atoms with E-state index < -0.39 is 6.04 Å². The summed E-state index contributed by atoms with van der Waals surface area (Å²) >= 11 is 0. The summed E-state index contributed by atoms with van der Waals surface area (Å²) in [6, 6.07) is 7.45. The zero-order chi connectivity index (χ0) is 12.0. The standard InChI is InChI=1S/C13H20N2O/c1-3-6-12(14)13(16)15-11-8-5-7-10(4-2)9-11/h5,7-9,12H,3-4,6,14H2,1-2H3,(H,15,16)/t12-/m0/s1. The molecule has 3 nitrogen and oxygen atoms in total. The van der Waals surface area contributed by atoms with Crippen molar-refractivity contribution in [2.45, 2.75) is 39.2 Å². The van der Waals surface area contributed by atoms with Crippen molar-refractivity contribution >= 4 is 11.6 Å². The number of anilines is 1. The van der Waals surface area contributed by atoms with Gasteiger partial charge in [0, 0.05) is 5.69 Å². The van der Waals surface area contributed by atoms with Crippen LogP contribution in [0.25, 0.3) is 0 Å². The van der Waals surface area contributed by atoms with Crippen LogP contribution < -0.4 is 11.1 Å². The van der Waals surface area contributed by atoms with E-state index in [9.17, 15) is 4.79 Å². The molecule has 0 aromatic heterocycles. The van der Waals surface area contributed by atoms with E-state index in [0.29, 0.717) is 0 Å². The number of amides is 1. The van der Waals surface area contributed by atoms with Gasteiger partial charge in [0.2, 0.25) is 5.91 Å². The third-order valence-corrected chi connectivity index (χ3v) is 2.54. The van der Waals surface area contributed by atoms with Gasteiger partial charge in [0.1, 0.15) is 0 Å². The van der Waals surface area contributed by atoms with Crippen LogP contribution in [0.15, 0.2) is 24.3 Å². The molecule has 0 spiro atoms. The minimum atomic E-state index is -0.407. The molecule has 1 amide bonds. The number of hydrogen-bond acceptors (Lipinski definition) is 2. The van der Waals surface area contributed by atoms with Gasteiger partial charge in [0.15, 0.2) is 0 Å². The Morgan fingerprint density at radius 1 is 1.44 bits per heavy atom. The Bertz CT molecular complexity index is 350.